The van der Waals surface area contributed by atoms with Crippen molar-refractivity contribution in [2.75, 3.05) is 57.8 Å². The molecular formula is C24H39N7O3. The molecule has 0 aliphatic rings. The minimum atomic E-state index is -0.326. The Morgan fingerprint density at radius 2 is 1.74 bits per heavy atom. The van der Waals surface area contributed by atoms with E-state index in [-0.39, 0.29) is 23.2 Å². The molecule has 0 saturated carbocycles. The molecule has 0 unspecified atom stereocenters. The third kappa shape index (κ3) is 9.98. The smallest absolute Gasteiger partial charge is 0.319 e. The molecule has 2 rings (SSSR count). The van der Waals surface area contributed by atoms with Crippen molar-refractivity contribution >= 4 is 28.7 Å². The maximum atomic E-state index is 12.4. The standard InChI is InChI=1S/C24H39N7O3/c1-6-31(7-2)13-10-25-22(32)21-17-27-20-16-18(8-9-19(20)30-21)29-23(33)26-11-14-34-15-12-28-24(3,4)5/h8-9,16-17,28H,6-7,10-15H2,1-5H3,(H,25,32)(H2,26,29,33). The highest BCUT2D eigenvalue weighted by Crippen LogP contribution is 2.16. The van der Waals surface area contributed by atoms with Gasteiger partial charge in [0, 0.05) is 37.4 Å². The highest BCUT2D eigenvalue weighted by Gasteiger charge is 2.11. The zero-order chi connectivity index (χ0) is 25.0. The minimum Gasteiger partial charge on any atom is -0.378 e. The first-order chi connectivity index (χ1) is 16.2. The predicted molar refractivity (Wildman–Crippen MR) is 135 cm³/mol. The minimum absolute atomic E-state index is 0.0604. The Morgan fingerprint density at radius 1 is 1.00 bits per heavy atom. The second-order valence-corrected chi connectivity index (χ2v) is 8.91. The number of rotatable bonds is 13. The molecule has 0 saturated heterocycles. The number of urea groups is 1. The summed E-state index contributed by atoms with van der Waals surface area (Å²) in [6, 6.07) is 4.86. The first-order valence-electron chi connectivity index (χ1n) is 11.9. The summed E-state index contributed by atoms with van der Waals surface area (Å²) in [4.78, 5) is 35.5. The van der Waals surface area contributed by atoms with E-state index in [2.05, 4.69) is 70.8 Å². The average molecular weight is 474 g/mol. The zero-order valence-corrected chi connectivity index (χ0v) is 21.0. The Kier molecular flexibility index (Phi) is 11.1. The van der Waals surface area contributed by atoms with E-state index in [1.807, 2.05) is 0 Å². The molecule has 0 atom stereocenters. The van der Waals surface area contributed by atoms with E-state index in [1.165, 1.54) is 6.20 Å². The van der Waals surface area contributed by atoms with E-state index in [9.17, 15) is 9.59 Å². The number of carbonyl (C=O) groups is 2. The summed E-state index contributed by atoms with van der Waals surface area (Å²) in [5.41, 5.74) is 2.09. The van der Waals surface area contributed by atoms with Crippen LogP contribution in [-0.4, -0.2) is 84.8 Å². The first kappa shape index (κ1) is 27.4. The van der Waals surface area contributed by atoms with Gasteiger partial charge >= 0.3 is 6.03 Å². The number of nitrogens with one attached hydrogen (secondary N) is 4. The second-order valence-electron chi connectivity index (χ2n) is 8.91. The lowest BCUT2D eigenvalue weighted by atomic mass is 10.1. The number of ether oxygens (including phenoxy) is 1. The molecule has 1 aromatic carbocycles. The largest absolute Gasteiger partial charge is 0.378 e. The fourth-order valence-corrected chi connectivity index (χ4v) is 3.17. The number of hydrogen-bond acceptors (Lipinski definition) is 7. The molecule has 0 bridgehead atoms. The van der Waals surface area contributed by atoms with E-state index in [0.29, 0.717) is 43.0 Å². The van der Waals surface area contributed by atoms with Crippen LogP contribution in [0.25, 0.3) is 11.0 Å². The van der Waals surface area contributed by atoms with Crippen molar-refractivity contribution in [3.8, 4) is 0 Å². The average Bonchev–Trinajstić information content (AvgIpc) is 2.80. The molecule has 0 aliphatic carbocycles. The van der Waals surface area contributed by atoms with E-state index in [4.69, 9.17) is 4.74 Å². The first-order valence-corrected chi connectivity index (χ1v) is 11.9. The molecule has 34 heavy (non-hydrogen) atoms. The van der Waals surface area contributed by atoms with Gasteiger partial charge in [-0.05, 0) is 52.1 Å². The third-order valence-corrected chi connectivity index (χ3v) is 5.07. The Labute approximate surface area is 202 Å². The molecule has 10 heteroatoms. The molecule has 188 valence electrons. The Hall–Kier alpha value is -2.82. The number of benzene rings is 1. The van der Waals surface area contributed by atoms with Gasteiger partial charge in [-0.3, -0.25) is 9.78 Å². The Bertz CT molecular complexity index is 926. The van der Waals surface area contributed by atoms with E-state index in [0.717, 1.165) is 26.2 Å². The molecule has 4 N–H and O–H groups in total. The van der Waals surface area contributed by atoms with Crippen molar-refractivity contribution in [2.45, 2.75) is 40.2 Å². The van der Waals surface area contributed by atoms with Crippen molar-refractivity contribution in [2.24, 2.45) is 0 Å². The van der Waals surface area contributed by atoms with E-state index < -0.39 is 0 Å². The highest BCUT2D eigenvalue weighted by atomic mass is 16.5. The molecule has 0 spiro atoms. The number of likely N-dealkylation sites (N-methyl/N-ethyl adjacent to an activating group) is 1. The summed E-state index contributed by atoms with van der Waals surface area (Å²) in [5.74, 6) is -0.250. The number of carbonyl (C=O) groups excluding carboxylic acids is 2. The van der Waals surface area contributed by atoms with E-state index >= 15 is 0 Å². The fraction of sp³-hybridized carbons (Fsp3) is 0.583. The van der Waals surface area contributed by atoms with E-state index in [1.54, 1.807) is 18.2 Å². The highest BCUT2D eigenvalue weighted by molar-refractivity contribution is 5.95. The van der Waals surface area contributed by atoms with Crippen molar-refractivity contribution in [3.63, 3.8) is 0 Å². The van der Waals surface area contributed by atoms with Gasteiger partial charge in [-0.15, -0.1) is 0 Å². The van der Waals surface area contributed by atoms with Crippen LogP contribution in [0.4, 0.5) is 10.5 Å². The number of aromatic nitrogens is 2. The van der Waals surface area contributed by atoms with Crippen molar-refractivity contribution in [1.82, 2.24) is 30.8 Å². The maximum Gasteiger partial charge on any atom is 0.319 e. The quantitative estimate of drug-likeness (QED) is 0.329. The Balaban J connectivity index is 1.77. The molecule has 0 radical (unpaired) electrons. The predicted octanol–water partition coefficient (Wildman–Crippen LogP) is 2.23. The van der Waals surface area contributed by atoms with Crippen molar-refractivity contribution in [3.05, 3.63) is 30.1 Å². The van der Waals surface area contributed by atoms with Crippen molar-refractivity contribution in [1.29, 1.82) is 0 Å². The van der Waals surface area contributed by atoms with Crippen LogP contribution in [0.3, 0.4) is 0 Å². The van der Waals surface area contributed by atoms with Gasteiger partial charge < -0.3 is 30.9 Å². The molecular weight excluding hydrogens is 434 g/mol. The van der Waals surface area contributed by atoms with Gasteiger partial charge in [0.2, 0.25) is 0 Å². The lowest BCUT2D eigenvalue weighted by Gasteiger charge is -2.20. The summed E-state index contributed by atoms with van der Waals surface area (Å²) in [7, 11) is 0. The molecule has 2 aromatic rings. The molecule has 0 fully saturated rings. The molecule has 1 heterocycles. The zero-order valence-electron chi connectivity index (χ0n) is 21.0. The van der Waals surface area contributed by atoms with Gasteiger partial charge in [0.25, 0.3) is 5.91 Å². The van der Waals surface area contributed by atoms with Crippen LogP contribution in [-0.2, 0) is 4.74 Å². The number of fused-ring (bicyclic) bond motifs is 1. The van der Waals surface area contributed by atoms with Crippen LogP contribution in [0.2, 0.25) is 0 Å². The molecule has 0 aliphatic heterocycles. The lowest BCUT2D eigenvalue weighted by Crippen LogP contribution is -2.38. The number of amides is 3. The topological polar surface area (TPSA) is 121 Å². The number of anilines is 1. The summed E-state index contributed by atoms with van der Waals surface area (Å²) >= 11 is 0. The SMILES string of the molecule is CCN(CC)CCNC(=O)c1cnc2cc(NC(=O)NCCOCCNC(C)(C)C)ccc2n1. The van der Waals surface area contributed by atoms with Crippen LogP contribution in [0.15, 0.2) is 24.4 Å². The van der Waals surface area contributed by atoms with Gasteiger partial charge in [0.15, 0.2) is 0 Å². The van der Waals surface area contributed by atoms with Crippen LogP contribution in [0, 0.1) is 0 Å². The van der Waals surface area contributed by atoms with Gasteiger partial charge in [-0.1, -0.05) is 13.8 Å². The van der Waals surface area contributed by atoms with Crippen molar-refractivity contribution < 1.29 is 14.3 Å². The lowest BCUT2D eigenvalue weighted by molar-refractivity contribution is 0.0944. The molecule has 1 aromatic heterocycles. The van der Waals surface area contributed by atoms with Crippen LogP contribution >= 0.6 is 0 Å². The van der Waals surface area contributed by atoms with Gasteiger partial charge in [-0.25, -0.2) is 9.78 Å². The van der Waals surface area contributed by atoms with Gasteiger partial charge in [-0.2, -0.15) is 0 Å². The van der Waals surface area contributed by atoms with Crippen LogP contribution in [0.1, 0.15) is 45.1 Å². The normalized spacial score (nSPS) is 11.6. The van der Waals surface area contributed by atoms with Gasteiger partial charge in [0.1, 0.15) is 5.69 Å². The summed E-state index contributed by atoms with van der Waals surface area (Å²) in [5, 5.41) is 11.7. The Morgan fingerprint density at radius 3 is 2.44 bits per heavy atom. The monoisotopic (exact) mass is 473 g/mol. The number of nitrogens with zero attached hydrogens (tertiary/aromatic N) is 3. The second kappa shape index (κ2) is 13.8. The summed E-state index contributed by atoms with van der Waals surface area (Å²) in [6.07, 6.45) is 1.45. The maximum absolute atomic E-state index is 12.4. The third-order valence-electron chi connectivity index (χ3n) is 5.07. The summed E-state index contributed by atoms with van der Waals surface area (Å²) < 4.78 is 5.51. The molecule has 10 nitrogen and oxygen atoms in total. The molecule has 3 amide bonds. The van der Waals surface area contributed by atoms with Crippen LogP contribution in [0.5, 0.6) is 0 Å². The fourth-order valence-electron chi connectivity index (χ4n) is 3.17. The number of hydrogen-bond donors (Lipinski definition) is 4. The summed E-state index contributed by atoms with van der Waals surface area (Å²) in [6.45, 7) is 15.9. The van der Waals surface area contributed by atoms with Crippen LogP contribution < -0.4 is 21.3 Å². The van der Waals surface area contributed by atoms with Gasteiger partial charge in [0.05, 0.1) is 30.4 Å².